The lowest BCUT2D eigenvalue weighted by Gasteiger charge is -2.25. The number of sulfone groups is 1. The Bertz CT molecular complexity index is 636. The molecule has 0 radical (unpaired) electrons. The third-order valence-electron chi connectivity index (χ3n) is 4.67. The Kier molecular flexibility index (Phi) is 3.77. The van der Waals surface area contributed by atoms with Crippen molar-refractivity contribution in [1.82, 2.24) is 9.55 Å². The Morgan fingerprint density at radius 1 is 1.33 bits per heavy atom. The van der Waals surface area contributed by atoms with E-state index in [1.807, 2.05) is 10.8 Å². The van der Waals surface area contributed by atoms with E-state index in [-0.39, 0.29) is 17.4 Å². The number of carbonyl (C=O) groups is 1. The van der Waals surface area contributed by atoms with Gasteiger partial charge in [0.1, 0.15) is 15.7 Å². The summed E-state index contributed by atoms with van der Waals surface area (Å²) in [7, 11) is -2.84. The van der Waals surface area contributed by atoms with Crippen LogP contribution in [0.1, 0.15) is 30.8 Å². The van der Waals surface area contributed by atoms with Crippen LogP contribution in [-0.4, -0.2) is 40.6 Å². The third-order valence-corrected chi connectivity index (χ3v) is 6.38. The fourth-order valence-corrected chi connectivity index (χ4v) is 4.86. The van der Waals surface area contributed by atoms with E-state index in [1.54, 1.807) is 0 Å². The second-order valence-corrected chi connectivity index (χ2v) is 8.45. The van der Waals surface area contributed by atoms with Crippen molar-refractivity contribution in [3.63, 3.8) is 0 Å². The van der Waals surface area contributed by atoms with Crippen molar-refractivity contribution in [2.45, 2.75) is 38.6 Å². The largest absolute Gasteiger partial charge is 0.481 e. The molecule has 1 aromatic rings. The molecule has 0 amide bonds. The lowest BCUT2D eigenvalue weighted by Crippen LogP contribution is -2.29. The van der Waals surface area contributed by atoms with E-state index in [2.05, 4.69) is 4.98 Å². The summed E-state index contributed by atoms with van der Waals surface area (Å²) >= 11 is 0. The van der Waals surface area contributed by atoms with Crippen molar-refractivity contribution in [2.24, 2.45) is 11.8 Å². The first-order valence-corrected chi connectivity index (χ1v) is 9.23. The fraction of sp³-hybridized carbons (Fsp3) is 0.714. The normalized spacial score (nSPS) is 25.4. The Morgan fingerprint density at radius 3 is 2.71 bits per heavy atom. The third kappa shape index (κ3) is 3.12. The van der Waals surface area contributed by atoms with Gasteiger partial charge in [-0.15, -0.1) is 0 Å². The molecule has 2 aliphatic rings. The van der Waals surface area contributed by atoms with Crippen LogP contribution in [0, 0.1) is 11.8 Å². The molecule has 7 heteroatoms. The van der Waals surface area contributed by atoms with Crippen LogP contribution >= 0.6 is 0 Å². The van der Waals surface area contributed by atoms with Gasteiger partial charge < -0.3 is 9.67 Å². The van der Waals surface area contributed by atoms with Gasteiger partial charge in [0.2, 0.25) is 0 Å². The number of aliphatic carboxylic acids is 1. The molecule has 1 N–H and O–H groups in total. The average molecular weight is 312 g/mol. The van der Waals surface area contributed by atoms with Crippen LogP contribution < -0.4 is 0 Å². The van der Waals surface area contributed by atoms with E-state index in [0.29, 0.717) is 31.7 Å². The summed E-state index contributed by atoms with van der Waals surface area (Å²) in [6.45, 7) is 0.491. The van der Waals surface area contributed by atoms with Crippen molar-refractivity contribution in [3.8, 4) is 0 Å². The van der Waals surface area contributed by atoms with E-state index in [1.165, 1.54) is 0 Å². The molecule has 21 heavy (non-hydrogen) atoms. The van der Waals surface area contributed by atoms with Crippen molar-refractivity contribution >= 4 is 15.8 Å². The first kappa shape index (κ1) is 14.6. The highest BCUT2D eigenvalue weighted by Crippen LogP contribution is 2.26. The molecule has 1 atom stereocenters. The summed E-state index contributed by atoms with van der Waals surface area (Å²) in [6, 6.07) is 0. The summed E-state index contributed by atoms with van der Waals surface area (Å²) in [4.78, 5) is 15.6. The van der Waals surface area contributed by atoms with Gasteiger partial charge in [-0.3, -0.25) is 4.79 Å². The molecule has 6 nitrogen and oxygen atoms in total. The van der Waals surface area contributed by atoms with E-state index < -0.39 is 15.8 Å². The molecule has 116 valence electrons. The number of aromatic nitrogens is 2. The van der Waals surface area contributed by atoms with E-state index in [0.717, 1.165) is 24.4 Å². The van der Waals surface area contributed by atoms with E-state index in [9.17, 15) is 18.3 Å². The fourth-order valence-electron chi connectivity index (χ4n) is 3.28. The molecule has 0 saturated carbocycles. The average Bonchev–Trinajstić information content (AvgIpc) is 2.83. The zero-order valence-electron chi connectivity index (χ0n) is 11.9. The molecular formula is C14H20N2O4S. The SMILES string of the molecule is O=C(O)C1CCc2cnc(CC3CCS(=O)(=O)CC3)n2C1. The first-order chi connectivity index (χ1) is 9.94. The van der Waals surface area contributed by atoms with Gasteiger partial charge in [0.05, 0.1) is 17.4 Å². The van der Waals surface area contributed by atoms with Crippen molar-refractivity contribution in [2.75, 3.05) is 11.5 Å². The Balaban J connectivity index is 1.70. The quantitative estimate of drug-likeness (QED) is 0.895. The topological polar surface area (TPSA) is 89.3 Å². The van der Waals surface area contributed by atoms with Crippen LogP contribution in [0.25, 0.3) is 0 Å². The molecule has 1 unspecified atom stereocenters. The lowest BCUT2D eigenvalue weighted by molar-refractivity contribution is -0.142. The summed E-state index contributed by atoms with van der Waals surface area (Å²) in [5, 5.41) is 9.17. The number of imidazole rings is 1. The summed E-state index contributed by atoms with van der Waals surface area (Å²) < 4.78 is 25.0. The predicted molar refractivity (Wildman–Crippen MR) is 76.8 cm³/mol. The maximum Gasteiger partial charge on any atom is 0.308 e. The number of aryl methyl sites for hydroxylation is 1. The van der Waals surface area contributed by atoms with Crippen LogP contribution in [0.3, 0.4) is 0 Å². The van der Waals surface area contributed by atoms with Gasteiger partial charge >= 0.3 is 5.97 Å². The van der Waals surface area contributed by atoms with Gasteiger partial charge in [-0.25, -0.2) is 13.4 Å². The van der Waals surface area contributed by atoms with Gasteiger partial charge in [-0.1, -0.05) is 0 Å². The summed E-state index contributed by atoms with van der Waals surface area (Å²) in [5.74, 6) is 0.707. The minimum Gasteiger partial charge on any atom is -0.481 e. The minimum atomic E-state index is -2.84. The molecule has 3 rings (SSSR count). The van der Waals surface area contributed by atoms with Crippen LogP contribution in [0.2, 0.25) is 0 Å². The van der Waals surface area contributed by atoms with E-state index in [4.69, 9.17) is 0 Å². The van der Waals surface area contributed by atoms with Gasteiger partial charge in [-0.2, -0.15) is 0 Å². The number of carboxylic acids is 1. The molecule has 0 aliphatic carbocycles. The smallest absolute Gasteiger partial charge is 0.308 e. The predicted octanol–water partition coefficient (Wildman–Crippen LogP) is 0.897. The highest BCUT2D eigenvalue weighted by Gasteiger charge is 2.29. The number of rotatable bonds is 3. The van der Waals surface area contributed by atoms with Crippen molar-refractivity contribution < 1.29 is 18.3 Å². The molecule has 0 aromatic carbocycles. The maximum absolute atomic E-state index is 11.5. The standard InChI is InChI=1S/C14H20N2O4S/c17-14(18)11-1-2-12-8-15-13(16(12)9-11)7-10-3-5-21(19,20)6-4-10/h8,10-11H,1-7,9H2,(H,17,18). The van der Waals surface area contributed by atoms with Gasteiger partial charge in [0, 0.05) is 24.9 Å². The number of hydrogen-bond acceptors (Lipinski definition) is 4. The second-order valence-electron chi connectivity index (χ2n) is 6.15. The van der Waals surface area contributed by atoms with Crippen molar-refractivity contribution in [3.05, 3.63) is 17.7 Å². The Morgan fingerprint density at radius 2 is 2.05 bits per heavy atom. The number of fused-ring (bicyclic) bond motifs is 1. The molecule has 1 aromatic heterocycles. The summed E-state index contributed by atoms with van der Waals surface area (Å²) in [6.07, 6.45) is 5.39. The van der Waals surface area contributed by atoms with Gasteiger partial charge in [0.25, 0.3) is 0 Å². The minimum absolute atomic E-state index is 0.267. The highest BCUT2D eigenvalue weighted by atomic mass is 32.2. The molecule has 0 bridgehead atoms. The van der Waals surface area contributed by atoms with Crippen LogP contribution in [0.5, 0.6) is 0 Å². The van der Waals surface area contributed by atoms with Crippen LogP contribution in [-0.2, 0) is 34.0 Å². The number of nitrogens with zero attached hydrogens (tertiary/aromatic N) is 2. The van der Waals surface area contributed by atoms with Crippen LogP contribution in [0.4, 0.5) is 0 Å². The number of hydrogen-bond donors (Lipinski definition) is 1. The second kappa shape index (κ2) is 5.44. The Labute approximate surface area is 124 Å². The number of carboxylic acid groups (broad SMARTS) is 1. The van der Waals surface area contributed by atoms with Crippen molar-refractivity contribution in [1.29, 1.82) is 0 Å². The molecule has 1 fully saturated rings. The molecule has 2 aliphatic heterocycles. The molecule has 1 saturated heterocycles. The maximum atomic E-state index is 11.5. The monoisotopic (exact) mass is 312 g/mol. The van der Waals surface area contributed by atoms with Crippen LogP contribution in [0.15, 0.2) is 6.20 Å². The molecular weight excluding hydrogens is 292 g/mol. The zero-order valence-corrected chi connectivity index (χ0v) is 12.7. The first-order valence-electron chi connectivity index (χ1n) is 7.41. The highest BCUT2D eigenvalue weighted by molar-refractivity contribution is 7.91. The lowest BCUT2D eigenvalue weighted by atomic mass is 9.96. The molecule has 0 spiro atoms. The summed E-state index contributed by atoms with van der Waals surface area (Å²) in [5.41, 5.74) is 1.10. The zero-order chi connectivity index (χ0) is 15.0. The van der Waals surface area contributed by atoms with E-state index >= 15 is 0 Å². The Hall–Kier alpha value is -1.37. The molecule has 3 heterocycles. The van der Waals surface area contributed by atoms with Gasteiger partial charge in [0.15, 0.2) is 0 Å². The van der Waals surface area contributed by atoms with Gasteiger partial charge in [-0.05, 0) is 31.6 Å².